The van der Waals surface area contributed by atoms with Crippen LogP contribution in [0.5, 0.6) is 0 Å². The lowest BCUT2D eigenvalue weighted by Crippen LogP contribution is -2.51. The molecule has 7 atom stereocenters. The number of ketones is 1. The molecule has 4 nitrogen and oxygen atoms in total. The molecule has 194 valence electrons. The van der Waals surface area contributed by atoms with Gasteiger partial charge in [0.25, 0.3) is 0 Å². The minimum Gasteiger partial charge on any atom is -0.481 e. The number of carboxylic acids is 1. The minimum atomic E-state index is -0.666. The molecular weight excluding hydrogens is 424 g/mol. The van der Waals surface area contributed by atoms with Crippen LogP contribution in [0.2, 0.25) is 0 Å². The Morgan fingerprint density at radius 3 is 2.47 bits per heavy atom. The number of rotatable bonds is 8. The Morgan fingerprint density at radius 1 is 1.03 bits per heavy atom. The summed E-state index contributed by atoms with van der Waals surface area (Å²) >= 11 is 0. The van der Waals surface area contributed by atoms with E-state index in [1.54, 1.807) is 0 Å². The van der Waals surface area contributed by atoms with Crippen LogP contribution < -0.4 is 0 Å². The highest BCUT2D eigenvalue weighted by molar-refractivity contribution is 5.91. The highest BCUT2D eigenvalue weighted by atomic mass is 16.4. The van der Waals surface area contributed by atoms with Crippen LogP contribution in [0.4, 0.5) is 0 Å². The number of allylic oxidation sites excluding steroid dienone is 1. The molecule has 4 aliphatic carbocycles. The van der Waals surface area contributed by atoms with E-state index in [2.05, 4.69) is 20.8 Å². The summed E-state index contributed by atoms with van der Waals surface area (Å²) in [4.78, 5) is 22.1. The second-order valence-corrected chi connectivity index (χ2v) is 12.5. The summed E-state index contributed by atoms with van der Waals surface area (Å²) in [5.74, 6) is 2.26. The Labute approximate surface area is 208 Å². The van der Waals surface area contributed by atoms with Crippen LogP contribution in [0, 0.1) is 34.5 Å². The van der Waals surface area contributed by atoms with E-state index in [-0.39, 0.29) is 16.9 Å². The highest BCUT2D eigenvalue weighted by Crippen LogP contribution is 2.65. The maximum atomic E-state index is 11.8. The van der Waals surface area contributed by atoms with E-state index in [0.29, 0.717) is 24.0 Å². The number of carbonyl (C=O) groups is 2. The lowest BCUT2D eigenvalue weighted by molar-refractivity contribution is -0.138. The second kappa shape index (κ2) is 11.7. The van der Waals surface area contributed by atoms with E-state index in [4.69, 9.17) is 5.11 Å². The number of unbranched alkanes of at least 4 members (excludes halogenated alkanes) is 4. The first-order valence-electron chi connectivity index (χ1n) is 14.3. The maximum Gasteiger partial charge on any atom is 0.303 e. The summed E-state index contributed by atoms with van der Waals surface area (Å²) in [6.07, 6.45) is 18.4. The van der Waals surface area contributed by atoms with Gasteiger partial charge >= 0.3 is 5.97 Å². The lowest BCUT2D eigenvalue weighted by atomic mass is 9.47. The van der Waals surface area contributed by atoms with Gasteiger partial charge in [-0.15, -0.1) is 0 Å². The van der Waals surface area contributed by atoms with E-state index in [1.807, 2.05) is 13.0 Å². The van der Waals surface area contributed by atoms with Gasteiger partial charge in [0.05, 0.1) is 6.10 Å². The molecule has 0 amide bonds. The average Bonchev–Trinajstić information content (AvgIpc) is 3.09. The molecule has 4 aliphatic rings. The van der Waals surface area contributed by atoms with Crippen molar-refractivity contribution < 1.29 is 19.8 Å². The van der Waals surface area contributed by atoms with Gasteiger partial charge in [-0.3, -0.25) is 9.59 Å². The normalized spacial score (nSPS) is 37.4. The first-order chi connectivity index (χ1) is 16.1. The summed E-state index contributed by atoms with van der Waals surface area (Å²) in [7, 11) is 0. The molecule has 0 aromatic carbocycles. The number of aliphatic hydroxyl groups excluding tert-OH is 1. The Morgan fingerprint density at radius 2 is 1.76 bits per heavy atom. The molecule has 1 unspecified atom stereocenters. The molecule has 0 aliphatic heterocycles. The van der Waals surface area contributed by atoms with Crippen molar-refractivity contribution in [3.8, 4) is 0 Å². The summed E-state index contributed by atoms with van der Waals surface area (Å²) in [5, 5.41) is 19.0. The zero-order chi connectivity index (χ0) is 24.9. The van der Waals surface area contributed by atoms with E-state index in [9.17, 15) is 14.7 Å². The number of aliphatic carboxylic acids is 1. The van der Waals surface area contributed by atoms with Gasteiger partial charge in [-0.2, -0.15) is 0 Å². The second-order valence-electron chi connectivity index (χ2n) is 12.5. The van der Waals surface area contributed by atoms with Crippen LogP contribution >= 0.6 is 0 Å². The van der Waals surface area contributed by atoms with Crippen molar-refractivity contribution in [1.29, 1.82) is 0 Å². The van der Waals surface area contributed by atoms with Gasteiger partial charge in [-0.25, -0.2) is 0 Å². The number of hydrogen-bond acceptors (Lipinski definition) is 3. The third-order valence-corrected chi connectivity index (χ3v) is 10.2. The monoisotopic (exact) mass is 474 g/mol. The fourth-order valence-corrected chi connectivity index (χ4v) is 8.03. The van der Waals surface area contributed by atoms with Crippen molar-refractivity contribution in [3.63, 3.8) is 0 Å². The zero-order valence-electron chi connectivity index (χ0n) is 22.3. The first kappa shape index (κ1) is 27.4. The fourth-order valence-electron chi connectivity index (χ4n) is 8.03. The number of carbonyl (C=O) groups excluding carboxylic acids is 1. The average molecular weight is 475 g/mol. The van der Waals surface area contributed by atoms with Crippen LogP contribution in [-0.2, 0) is 9.59 Å². The van der Waals surface area contributed by atoms with E-state index >= 15 is 0 Å². The van der Waals surface area contributed by atoms with Crippen molar-refractivity contribution in [2.24, 2.45) is 34.5 Å². The van der Waals surface area contributed by atoms with Crippen LogP contribution in [0.1, 0.15) is 124 Å². The molecule has 3 fully saturated rings. The van der Waals surface area contributed by atoms with E-state index < -0.39 is 5.97 Å². The molecule has 0 bridgehead atoms. The van der Waals surface area contributed by atoms with Gasteiger partial charge in [-0.05, 0) is 85.5 Å². The van der Waals surface area contributed by atoms with Crippen molar-refractivity contribution in [2.75, 3.05) is 0 Å². The largest absolute Gasteiger partial charge is 0.481 e. The predicted octanol–water partition coefficient (Wildman–Crippen LogP) is 7.34. The fraction of sp³-hybridized carbons (Fsp3) is 0.867. The van der Waals surface area contributed by atoms with Gasteiger partial charge in [0, 0.05) is 12.8 Å². The quantitative estimate of drug-likeness (QED) is 0.361. The summed E-state index contributed by atoms with van der Waals surface area (Å²) < 4.78 is 0. The Kier molecular flexibility index (Phi) is 9.45. The van der Waals surface area contributed by atoms with E-state index in [1.165, 1.54) is 63.4 Å². The predicted molar refractivity (Wildman–Crippen MR) is 138 cm³/mol. The first-order valence-corrected chi connectivity index (χ1v) is 14.3. The van der Waals surface area contributed by atoms with Crippen molar-refractivity contribution in [2.45, 2.75) is 130 Å². The number of fused-ring (bicyclic) bond motifs is 5. The molecular formula is C30H50O4. The summed E-state index contributed by atoms with van der Waals surface area (Å²) in [5.41, 5.74) is 1.89. The van der Waals surface area contributed by atoms with Crippen LogP contribution in [0.3, 0.4) is 0 Å². The molecule has 2 N–H and O–H groups in total. The van der Waals surface area contributed by atoms with Gasteiger partial charge in [0.15, 0.2) is 5.78 Å². The Hall–Kier alpha value is -1.16. The van der Waals surface area contributed by atoms with Gasteiger partial charge in [0.2, 0.25) is 0 Å². The van der Waals surface area contributed by atoms with Crippen LogP contribution in [0.25, 0.3) is 0 Å². The van der Waals surface area contributed by atoms with Crippen molar-refractivity contribution in [1.82, 2.24) is 0 Å². The lowest BCUT2D eigenvalue weighted by Gasteiger charge is -2.57. The van der Waals surface area contributed by atoms with E-state index in [0.717, 1.165) is 43.9 Å². The molecule has 0 radical (unpaired) electrons. The Bertz CT molecular complexity index is 742. The number of carboxylic acid groups (broad SMARTS) is 1. The van der Waals surface area contributed by atoms with Gasteiger partial charge in [-0.1, -0.05) is 71.8 Å². The van der Waals surface area contributed by atoms with Crippen LogP contribution in [0.15, 0.2) is 11.6 Å². The number of aliphatic hydroxyl groups is 1. The molecule has 0 aromatic heterocycles. The molecule has 0 aromatic rings. The molecule has 3 saturated carbocycles. The standard InChI is InChI=1S/C19H28O2.C11H22O2/c1-18-9-7-13(20)11-12(18)3-4-14-15-5-6-17(21)19(15,2)10-8-16(14)18;1-3-4-5-6-7-8-10(2)9-11(12)13/h11,14-17,21H,3-10H2,1-2H3;10H,3-9H2,1-2H3,(H,12,13)/t14-,15-,16-,17-,18-,19-;/m0./s1. The SMILES string of the molecule is CCCCCCCC(C)CC(=O)O.C[C@]12CC[C@H]3[C@@H](CCC4=CC(=O)CC[C@@]43C)[C@@H]1CC[C@@H]2O. The van der Waals surface area contributed by atoms with Crippen LogP contribution in [-0.4, -0.2) is 28.1 Å². The molecule has 0 spiro atoms. The van der Waals surface area contributed by atoms with Gasteiger partial charge in [0.1, 0.15) is 0 Å². The van der Waals surface area contributed by atoms with Gasteiger partial charge < -0.3 is 10.2 Å². The summed E-state index contributed by atoms with van der Waals surface area (Å²) in [6.45, 7) is 8.99. The number of hydrogen-bond donors (Lipinski definition) is 2. The topological polar surface area (TPSA) is 74.6 Å². The zero-order valence-corrected chi connectivity index (χ0v) is 22.3. The smallest absolute Gasteiger partial charge is 0.303 e. The minimum absolute atomic E-state index is 0.0823. The summed E-state index contributed by atoms with van der Waals surface area (Å²) in [6, 6.07) is 0. The third-order valence-electron chi connectivity index (χ3n) is 10.2. The molecule has 0 heterocycles. The molecule has 4 heteroatoms. The molecule has 4 rings (SSSR count). The molecule has 34 heavy (non-hydrogen) atoms. The van der Waals surface area contributed by atoms with Crippen molar-refractivity contribution >= 4 is 11.8 Å². The Balaban J connectivity index is 0.000000218. The molecule has 0 saturated heterocycles. The maximum absolute atomic E-state index is 11.8. The highest BCUT2D eigenvalue weighted by Gasteiger charge is 2.58. The third kappa shape index (κ3) is 5.97. The van der Waals surface area contributed by atoms with Crippen molar-refractivity contribution in [3.05, 3.63) is 11.6 Å².